The van der Waals surface area contributed by atoms with Crippen molar-refractivity contribution in [3.05, 3.63) is 24.7 Å². The molecular formula is C9H8FN5O. The first-order valence-corrected chi connectivity index (χ1v) is 4.72. The van der Waals surface area contributed by atoms with E-state index in [2.05, 4.69) is 15.0 Å². The Labute approximate surface area is 89.6 Å². The van der Waals surface area contributed by atoms with Crippen molar-refractivity contribution in [3.8, 4) is 0 Å². The van der Waals surface area contributed by atoms with Gasteiger partial charge in [0.2, 0.25) is 0 Å². The molecule has 2 aromatic heterocycles. The van der Waals surface area contributed by atoms with Gasteiger partial charge in [-0.2, -0.15) is 14.4 Å². The summed E-state index contributed by atoms with van der Waals surface area (Å²) in [5, 5.41) is 0. The van der Waals surface area contributed by atoms with Crippen LogP contribution in [0.15, 0.2) is 18.7 Å². The average Bonchev–Trinajstić information content (AvgIpc) is 2.83. The number of anilines is 1. The van der Waals surface area contributed by atoms with Crippen molar-refractivity contribution >= 4 is 17.0 Å². The van der Waals surface area contributed by atoms with Crippen LogP contribution in [0.3, 0.4) is 0 Å². The molecule has 3 rings (SSSR count). The van der Waals surface area contributed by atoms with Crippen molar-refractivity contribution in [2.75, 3.05) is 5.73 Å². The first-order chi connectivity index (χ1) is 7.75. The van der Waals surface area contributed by atoms with E-state index in [1.807, 2.05) is 6.08 Å². The van der Waals surface area contributed by atoms with Gasteiger partial charge >= 0.3 is 6.08 Å². The Morgan fingerprint density at radius 1 is 1.50 bits per heavy atom. The van der Waals surface area contributed by atoms with Crippen LogP contribution in [0.5, 0.6) is 0 Å². The molecular weight excluding hydrogens is 213 g/mol. The molecule has 0 fully saturated rings. The monoisotopic (exact) mass is 221 g/mol. The lowest BCUT2D eigenvalue weighted by molar-refractivity contribution is 0.108. The molecule has 6 nitrogen and oxygen atoms in total. The van der Waals surface area contributed by atoms with Crippen LogP contribution in [0.2, 0.25) is 0 Å². The third kappa shape index (κ3) is 1.21. The molecule has 0 saturated carbocycles. The van der Waals surface area contributed by atoms with Crippen LogP contribution in [-0.4, -0.2) is 19.5 Å². The Balaban J connectivity index is 2.18. The van der Waals surface area contributed by atoms with Crippen LogP contribution >= 0.6 is 0 Å². The number of fused-ring (bicyclic) bond motifs is 1. The molecule has 7 heteroatoms. The fraction of sp³-hybridized carbons (Fsp3) is 0.222. The number of ether oxygens (including phenoxy) is 1. The molecule has 2 aromatic rings. The van der Waals surface area contributed by atoms with Gasteiger partial charge in [-0.1, -0.05) is 0 Å². The highest BCUT2D eigenvalue weighted by molar-refractivity contribution is 5.81. The quantitative estimate of drug-likeness (QED) is 0.726. The molecule has 0 aromatic carbocycles. The Kier molecular flexibility index (Phi) is 1.79. The molecule has 1 atom stereocenters. The second-order valence-corrected chi connectivity index (χ2v) is 3.40. The molecule has 82 valence electrons. The summed E-state index contributed by atoms with van der Waals surface area (Å²) in [6, 6.07) is 0. The zero-order chi connectivity index (χ0) is 11.1. The van der Waals surface area contributed by atoms with E-state index in [9.17, 15) is 4.39 Å². The predicted molar refractivity (Wildman–Crippen MR) is 53.6 cm³/mol. The van der Waals surface area contributed by atoms with Crippen LogP contribution in [0.4, 0.5) is 10.2 Å². The molecule has 0 amide bonds. The molecule has 1 aliphatic heterocycles. The van der Waals surface area contributed by atoms with Crippen LogP contribution in [0.25, 0.3) is 11.2 Å². The molecule has 0 bridgehead atoms. The van der Waals surface area contributed by atoms with Crippen LogP contribution in [0.1, 0.15) is 12.6 Å². The van der Waals surface area contributed by atoms with E-state index in [1.165, 1.54) is 6.33 Å². The maximum absolute atomic E-state index is 13.0. The van der Waals surface area contributed by atoms with E-state index in [0.29, 0.717) is 17.6 Å². The Morgan fingerprint density at radius 2 is 2.38 bits per heavy atom. The normalized spacial score (nSPS) is 19.2. The summed E-state index contributed by atoms with van der Waals surface area (Å²) < 4.78 is 20.0. The number of aromatic nitrogens is 4. The first kappa shape index (κ1) is 9.08. The lowest BCUT2D eigenvalue weighted by Crippen LogP contribution is -2.07. The van der Waals surface area contributed by atoms with E-state index in [0.717, 1.165) is 0 Å². The Hall–Kier alpha value is -2.18. The largest absolute Gasteiger partial charge is 0.478 e. The molecule has 3 heterocycles. The summed E-state index contributed by atoms with van der Waals surface area (Å²) in [5.74, 6) is 0.0345. The van der Waals surface area contributed by atoms with Crippen molar-refractivity contribution in [1.29, 1.82) is 0 Å². The molecule has 2 N–H and O–H groups in total. The number of nitrogen functional groups attached to an aromatic ring is 1. The van der Waals surface area contributed by atoms with E-state index in [4.69, 9.17) is 10.5 Å². The maximum Gasteiger partial charge on any atom is 0.312 e. The number of nitrogens with zero attached hydrogens (tertiary/aromatic N) is 4. The minimum atomic E-state index is -0.863. The number of nitrogens with two attached hydrogens (primary N) is 1. The minimum absolute atomic E-state index is 0.0345. The van der Waals surface area contributed by atoms with Gasteiger partial charge < -0.3 is 10.5 Å². The van der Waals surface area contributed by atoms with Gasteiger partial charge in [0.15, 0.2) is 23.2 Å². The highest BCUT2D eigenvalue weighted by Crippen LogP contribution is 2.25. The second kappa shape index (κ2) is 3.16. The van der Waals surface area contributed by atoms with Gasteiger partial charge in [-0.05, 0) is 6.08 Å². The molecule has 0 spiro atoms. The number of rotatable bonds is 1. The van der Waals surface area contributed by atoms with E-state index in [-0.39, 0.29) is 12.0 Å². The maximum atomic E-state index is 13.0. The number of hydrogen-bond acceptors (Lipinski definition) is 5. The van der Waals surface area contributed by atoms with Gasteiger partial charge in [0, 0.05) is 6.42 Å². The third-order valence-corrected chi connectivity index (χ3v) is 2.40. The average molecular weight is 221 g/mol. The summed E-state index contributed by atoms with van der Waals surface area (Å²) in [7, 11) is 0. The summed E-state index contributed by atoms with van der Waals surface area (Å²) in [5.41, 5.74) is 6.28. The fourth-order valence-corrected chi connectivity index (χ4v) is 1.67. The Morgan fingerprint density at radius 3 is 3.12 bits per heavy atom. The molecule has 0 saturated heterocycles. The van der Waals surface area contributed by atoms with Gasteiger partial charge in [0.05, 0.1) is 6.26 Å². The van der Waals surface area contributed by atoms with Crippen molar-refractivity contribution in [2.45, 2.75) is 12.6 Å². The summed E-state index contributed by atoms with van der Waals surface area (Å²) >= 11 is 0. The lowest BCUT2D eigenvalue weighted by Gasteiger charge is -2.11. The van der Waals surface area contributed by atoms with Crippen molar-refractivity contribution in [1.82, 2.24) is 19.5 Å². The SMILES string of the molecule is Nc1nc(F)nc2c1ncn2[C@H]1CC=CO1. The molecule has 0 unspecified atom stereocenters. The van der Waals surface area contributed by atoms with Gasteiger partial charge in [-0.15, -0.1) is 0 Å². The zero-order valence-corrected chi connectivity index (χ0v) is 8.17. The highest BCUT2D eigenvalue weighted by atomic mass is 19.1. The highest BCUT2D eigenvalue weighted by Gasteiger charge is 2.19. The second-order valence-electron chi connectivity index (χ2n) is 3.40. The zero-order valence-electron chi connectivity index (χ0n) is 8.17. The van der Waals surface area contributed by atoms with E-state index < -0.39 is 6.08 Å². The third-order valence-electron chi connectivity index (χ3n) is 2.40. The minimum Gasteiger partial charge on any atom is -0.478 e. The molecule has 16 heavy (non-hydrogen) atoms. The Bertz CT molecular complexity index is 571. The van der Waals surface area contributed by atoms with Crippen molar-refractivity contribution in [3.63, 3.8) is 0 Å². The van der Waals surface area contributed by atoms with Crippen LogP contribution in [-0.2, 0) is 4.74 Å². The van der Waals surface area contributed by atoms with Gasteiger partial charge in [-0.3, -0.25) is 4.57 Å². The van der Waals surface area contributed by atoms with Gasteiger partial charge in [0.1, 0.15) is 6.33 Å². The van der Waals surface area contributed by atoms with E-state index >= 15 is 0 Å². The summed E-state index contributed by atoms with van der Waals surface area (Å²) in [4.78, 5) is 11.1. The van der Waals surface area contributed by atoms with Crippen LogP contribution < -0.4 is 5.73 Å². The predicted octanol–water partition coefficient (Wildman–Crippen LogP) is 0.980. The number of halogens is 1. The van der Waals surface area contributed by atoms with Crippen LogP contribution in [0, 0.1) is 6.08 Å². The number of imidazole rings is 1. The fourth-order valence-electron chi connectivity index (χ4n) is 1.67. The number of hydrogen-bond donors (Lipinski definition) is 1. The standard InChI is InChI=1S/C9H8FN5O/c10-9-13-7(11)6-8(14-9)15(4-12-6)5-2-1-3-16-5/h1,3-5H,2H2,(H2,11,13,14)/t5-/m1/s1. The topological polar surface area (TPSA) is 78.9 Å². The molecule has 0 radical (unpaired) electrons. The van der Waals surface area contributed by atoms with E-state index in [1.54, 1.807) is 10.8 Å². The summed E-state index contributed by atoms with van der Waals surface area (Å²) in [6.45, 7) is 0. The van der Waals surface area contributed by atoms with Gasteiger partial charge in [0.25, 0.3) is 0 Å². The molecule has 1 aliphatic rings. The molecule has 0 aliphatic carbocycles. The smallest absolute Gasteiger partial charge is 0.312 e. The first-order valence-electron chi connectivity index (χ1n) is 4.72. The van der Waals surface area contributed by atoms with Crippen molar-refractivity contribution < 1.29 is 9.13 Å². The summed E-state index contributed by atoms with van der Waals surface area (Å²) in [6.07, 6.45) is 4.58. The van der Waals surface area contributed by atoms with Crippen molar-refractivity contribution in [2.24, 2.45) is 0 Å². The lowest BCUT2D eigenvalue weighted by atomic mass is 10.4. The van der Waals surface area contributed by atoms with Gasteiger partial charge in [-0.25, -0.2) is 4.98 Å².